The Hall–Kier alpha value is -0.640. The molecule has 0 unspecified atom stereocenters. The second-order valence-corrected chi connectivity index (χ2v) is 5.58. The van der Waals surface area contributed by atoms with E-state index in [0.717, 1.165) is 28.7 Å². The maximum Gasteiger partial charge on any atom is 0.143 e. The van der Waals surface area contributed by atoms with Crippen LogP contribution in [0.2, 0.25) is 0 Å². The van der Waals surface area contributed by atoms with Gasteiger partial charge in [-0.3, -0.25) is 0 Å². The molecule has 1 heterocycles. The molecule has 4 heteroatoms. The van der Waals surface area contributed by atoms with Crippen LogP contribution in [0.5, 0.6) is 0 Å². The predicted molar refractivity (Wildman–Crippen MR) is 69.3 cm³/mol. The fourth-order valence-corrected chi connectivity index (χ4v) is 2.58. The number of halogens is 1. The van der Waals surface area contributed by atoms with Crippen molar-refractivity contribution in [2.75, 3.05) is 11.9 Å². The Morgan fingerprint density at radius 3 is 2.81 bits per heavy atom. The highest BCUT2D eigenvalue weighted by molar-refractivity contribution is 9.10. The molecule has 0 amide bonds. The van der Waals surface area contributed by atoms with Crippen LogP contribution >= 0.6 is 15.9 Å². The molecule has 88 valence electrons. The summed E-state index contributed by atoms with van der Waals surface area (Å²) in [6.07, 6.45) is 8.79. The van der Waals surface area contributed by atoms with Gasteiger partial charge in [-0.15, -0.1) is 0 Å². The number of hydrogen-bond donors (Lipinski definition) is 1. The van der Waals surface area contributed by atoms with Gasteiger partial charge in [-0.25, -0.2) is 9.97 Å². The molecule has 16 heavy (non-hydrogen) atoms. The summed E-state index contributed by atoms with van der Waals surface area (Å²) >= 11 is 3.44. The minimum atomic E-state index is 0.804. The molecule has 3 nitrogen and oxygen atoms in total. The van der Waals surface area contributed by atoms with Crippen molar-refractivity contribution < 1.29 is 0 Å². The van der Waals surface area contributed by atoms with Gasteiger partial charge in [-0.2, -0.15) is 0 Å². The fraction of sp³-hybridized carbons (Fsp3) is 0.667. The van der Waals surface area contributed by atoms with Crippen molar-refractivity contribution in [2.45, 2.75) is 32.6 Å². The summed E-state index contributed by atoms with van der Waals surface area (Å²) in [4.78, 5) is 8.16. The summed E-state index contributed by atoms with van der Waals surface area (Å²) in [5, 5.41) is 3.40. The van der Waals surface area contributed by atoms with Crippen LogP contribution in [0.1, 0.15) is 32.6 Å². The molecule has 0 atom stereocenters. The monoisotopic (exact) mass is 283 g/mol. The SMILES string of the molecule is CC1CCC(CNc2ncncc2Br)CC1. The summed E-state index contributed by atoms with van der Waals surface area (Å²) in [5.41, 5.74) is 0. The van der Waals surface area contributed by atoms with Crippen molar-refractivity contribution >= 4 is 21.7 Å². The van der Waals surface area contributed by atoms with Gasteiger partial charge < -0.3 is 5.32 Å². The highest BCUT2D eigenvalue weighted by atomic mass is 79.9. The lowest BCUT2D eigenvalue weighted by Gasteiger charge is -2.26. The van der Waals surface area contributed by atoms with Gasteiger partial charge in [0.05, 0.1) is 4.47 Å². The lowest BCUT2D eigenvalue weighted by Crippen LogP contribution is -2.20. The number of rotatable bonds is 3. The van der Waals surface area contributed by atoms with E-state index >= 15 is 0 Å². The standard InChI is InChI=1S/C12H18BrN3/c1-9-2-4-10(5-3-9)6-15-12-11(13)7-14-8-16-12/h7-10H,2-6H2,1H3,(H,14,15,16). The minimum absolute atomic E-state index is 0.804. The van der Waals surface area contributed by atoms with E-state index in [1.54, 1.807) is 12.5 Å². The molecule has 0 aliphatic heterocycles. The van der Waals surface area contributed by atoms with Crippen molar-refractivity contribution in [2.24, 2.45) is 11.8 Å². The predicted octanol–water partition coefficient (Wildman–Crippen LogP) is 3.48. The van der Waals surface area contributed by atoms with E-state index in [-0.39, 0.29) is 0 Å². The van der Waals surface area contributed by atoms with Gasteiger partial charge in [0, 0.05) is 12.7 Å². The molecule has 1 aliphatic rings. The first-order valence-corrected chi connectivity index (χ1v) is 6.74. The molecule has 1 saturated carbocycles. The first-order chi connectivity index (χ1) is 7.75. The third-order valence-corrected chi connectivity index (χ3v) is 3.94. The van der Waals surface area contributed by atoms with E-state index in [2.05, 4.69) is 38.1 Å². The third-order valence-electron chi connectivity index (χ3n) is 3.36. The van der Waals surface area contributed by atoms with E-state index in [1.807, 2.05) is 0 Å². The van der Waals surface area contributed by atoms with Crippen LogP contribution in [-0.2, 0) is 0 Å². The first-order valence-electron chi connectivity index (χ1n) is 5.95. The normalized spacial score (nSPS) is 25.4. The maximum absolute atomic E-state index is 4.21. The summed E-state index contributed by atoms with van der Waals surface area (Å²) in [5.74, 6) is 2.63. The zero-order valence-corrected chi connectivity index (χ0v) is 11.2. The molecular formula is C12H18BrN3. The lowest BCUT2D eigenvalue weighted by molar-refractivity contribution is 0.300. The van der Waals surface area contributed by atoms with Crippen LogP contribution in [0.3, 0.4) is 0 Å². The van der Waals surface area contributed by atoms with Crippen LogP contribution in [0.15, 0.2) is 17.0 Å². The molecular weight excluding hydrogens is 266 g/mol. The van der Waals surface area contributed by atoms with Gasteiger partial charge in [0.1, 0.15) is 12.1 Å². The van der Waals surface area contributed by atoms with Crippen LogP contribution in [-0.4, -0.2) is 16.5 Å². The van der Waals surface area contributed by atoms with Gasteiger partial charge >= 0.3 is 0 Å². The molecule has 1 fully saturated rings. The summed E-state index contributed by atoms with van der Waals surface area (Å²) < 4.78 is 0.944. The Morgan fingerprint density at radius 2 is 2.12 bits per heavy atom. The third kappa shape index (κ3) is 3.17. The van der Waals surface area contributed by atoms with E-state index in [4.69, 9.17) is 0 Å². The number of hydrogen-bond acceptors (Lipinski definition) is 3. The number of nitrogens with zero attached hydrogens (tertiary/aromatic N) is 2. The second-order valence-electron chi connectivity index (χ2n) is 4.73. The molecule has 1 N–H and O–H groups in total. The molecule has 0 bridgehead atoms. The summed E-state index contributed by atoms with van der Waals surface area (Å²) in [6, 6.07) is 0. The average molecular weight is 284 g/mol. The smallest absolute Gasteiger partial charge is 0.143 e. The van der Waals surface area contributed by atoms with Gasteiger partial charge in [0.2, 0.25) is 0 Å². The lowest BCUT2D eigenvalue weighted by atomic mass is 9.83. The maximum atomic E-state index is 4.21. The Morgan fingerprint density at radius 1 is 1.38 bits per heavy atom. The molecule has 1 aromatic heterocycles. The molecule has 2 rings (SSSR count). The minimum Gasteiger partial charge on any atom is -0.369 e. The van der Waals surface area contributed by atoms with Crippen LogP contribution in [0.25, 0.3) is 0 Å². The van der Waals surface area contributed by atoms with E-state index in [9.17, 15) is 0 Å². The van der Waals surface area contributed by atoms with Crippen molar-refractivity contribution in [3.05, 3.63) is 17.0 Å². The average Bonchev–Trinajstić information content (AvgIpc) is 2.30. The fourth-order valence-electron chi connectivity index (χ4n) is 2.22. The van der Waals surface area contributed by atoms with Crippen molar-refractivity contribution in [3.8, 4) is 0 Å². The molecule has 0 saturated heterocycles. The Balaban J connectivity index is 1.81. The Labute approximate surface area is 105 Å². The quantitative estimate of drug-likeness (QED) is 0.923. The topological polar surface area (TPSA) is 37.8 Å². The largest absolute Gasteiger partial charge is 0.369 e. The summed E-state index contributed by atoms with van der Waals surface area (Å²) in [7, 11) is 0. The number of nitrogens with one attached hydrogen (secondary N) is 1. The van der Waals surface area contributed by atoms with Crippen molar-refractivity contribution in [1.29, 1.82) is 0 Å². The van der Waals surface area contributed by atoms with Crippen molar-refractivity contribution in [1.82, 2.24) is 9.97 Å². The zero-order chi connectivity index (χ0) is 11.4. The number of aromatic nitrogens is 2. The van der Waals surface area contributed by atoms with Gasteiger partial charge in [-0.05, 0) is 40.6 Å². The van der Waals surface area contributed by atoms with Crippen LogP contribution < -0.4 is 5.32 Å². The van der Waals surface area contributed by atoms with Crippen molar-refractivity contribution in [3.63, 3.8) is 0 Å². The Kier molecular flexibility index (Phi) is 4.16. The van der Waals surface area contributed by atoms with E-state index < -0.39 is 0 Å². The Bertz CT molecular complexity index is 335. The van der Waals surface area contributed by atoms with Crippen LogP contribution in [0, 0.1) is 11.8 Å². The second kappa shape index (κ2) is 5.62. The zero-order valence-electron chi connectivity index (χ0n) is 9.62. The molecule has 0 aromatic carbocycles. The highest BCUT2D eigenvalue weighted by Gasteiger charge is 2.18. The summed E-state index contributed by atoms with van der Waals surface area (Å²) in [6.45, 7) is 3.38. The van der Waals surface area contributed by atoms with E-state index in [1.165, 1.54) is 25.7 Å². The van der Waals surface area contributed by atoms with Gasteiger partial charge in [-0.1, -0.05) is 19.8 Å². The van der Waals surface area contributed by atoms with Gasteiger partial charge in [0.25, 0.3) is 0 Å². The molecule has 1 aliphatic carbocycles. The van der Waals surface area contributed by atoms with E-state index in [0.29, 0.717) is 0 Å². The number of anilines is 1. The van der Waals surface area contributed by atoms with Crippen LogP contribution in [0.4, 0.5) is 5.82 Å². The molecule has 1 aromatic rings. The van der Waals surface area contributed by atoms with Gasteiger partial charge in [0.15, 0.2) is 0 Å². The first kappa shape index (κ1) is 11.8. The molecule has 0 spiro atoms. The highest BCUT2D eigenvalue weighted by Crippen LogP contribution is 2.28. The molecule has 0 radical (unpaired) electrons.